The van der Waals surface area contributed by atoms with Gasteiger partial charge in [0.25, 0.3) is 5.91 Å². The molecule has 1 aliphatic carbocycles. The molecule has 1 heterocycles. The van der Waals surface area contributed by atoms with E-state index < -0.39 is 5.60 Å². The van der Waals surface area contributed by atoms with Crippen molar-refractivity contribution in [1.29, 1.82) is 0 Å². The van der Waals surface area contributed by atoms with E-state index in [-0.39, 0.29) is 5.91 Å². The number of nitrogen functional groups attached to an aromatic ring is 1. The van der Waals surface area contributed by atoms with Crippen molar-refractivity contribution in [2.24, 2.45) is 5.92 Å². The first-order valence-electron chi connectivity index (χ1n) is 6.07. The lowest BCUT2D eigenvalue weighted by molar-refractivity contribution is -0.0958. The van der Waals surface area contributed by atoms with Crippen molar-refractivity contribution in [3.63, 3.8) is 0 Å². The third kappa shape index (κ3) is 1.76. The van der Waals surface area contributed by atoms with E-state index in [0.717, 1.165) is 12.8 Å². The third-order valence-electron chi connectivity index (χ3n) is 3.81. The van der Waals surface area contributed by atoms with Crippen LogP contribution < -0.4 is 5.73 Å². The molecule has 0 unspecified atom stereocenters. The number of hydrogen-bond acceptors (Lipinski definition) is 3. The van der Waals surface area contributed by atoms with E-state index in [0.29, 0.717) is 35.3 Å². The Balaban J connectivity index is 1.74. The number of rotatable bonds is 2. The Morgan fingerprint density at radius 2 is 2.11 bits per heavy atom. The van der Waals surface area contributed by atoms with Crippen LogP contribution in [0.4, 0.5) is 5.69 Å². The summed E-state index contributed by atoms with van der Waals surface area (Å²) in [7, 11) is 0. The Morgan fingerprint density at radius 3 is 2.72 bits per heavy atom. The Hall–Kier alpha value is -1.26. The molecule has 1 aromatic carbocycles. The van der Waals surface area contributed by atoms with Gasteiger partial charge in [-0.25, -0.2) is 0 Å². The molecule has 2 aliphatic rings. The second-order valence-corrected chi connectivity index (χ2v) is 5.63. The van der Waals surface area contributed by atoms with E-state index in [1.807, 2.05) is 0 Å². The molecule has 3 rings (SSSR count). The van der Waals surface area contributed by atoms with Gasteiger partial charge in [0.15, 0.2) is 0 Å². The van der Waals surface area contributed by atoms with Crippen LogP contribution in [0.2, 0.25) is 5.02 Å². The molecule has 4 nitrogen and oxygen atoms in total. The minimum absolute atomic E-state index is 0.155. The van der Waals surface area contributed by atoms with Crippen LogP contribution in [-0.2, 0) is 0 Å². The van der Waals surface area contributed by atoms with Gasteiger partial charge in [-0.3, -0.25) is 4.79 Å². The lowest BCUT2D eigenvalue weighted by atomic mass is 9.88. The van der Waals surface area contributed by atoms with Crippen LogP contribution in [0, 0.1) is 5.92 Å². The maximum atomic E-state index is 12.2. The number of nitrogens with two attached hydrogens (primary N) is 1. The predicted octanol–water partition coefficient (Wildman–Crippen LogP) is 1.52. The molecule has 1 aliphatic heterocycles. The molecule has 5 heteroatoms. The largest absolute Gasteiger partial charge is 0.398 e. The van der Waals surface area contributed by atoms with Crippen molar-refractivity contribution in [2.45, 2.75) is 18.4 Å². The van der Waals surface area contributed by atoms with Gasteiger partial charge in [-0.05, 0) is 30.9 Å². The average Bonchev–Trinajstić information content (AvgIpc) is 3.12. The number of β-amino-alcohol motifs (C(OH)–C–C–N with tert-alkyl or cyclic N) is 1. The number of carbonyl (C=O) groups is 1. The number of benzene rings is 1. The van der Waals surface area contributed by atoms with Gasteiger partial charge in [-0.15, -0.1) is 0 Å². The smallest absolute Gasteiger partial charge is 0.255 e. The van der Waals surface area contributed by atoms with E-state index in [2.05, 4.69) is 0 Å². The van der Waals surface area contributed by atoms with Crippen molar-refractivity contribution >= 4 is 23.2 Å². The number of halogens is 1. The van der Waals surface area contributed by atoms with Gasteiger partial charge in [0.05, 0.1) is 29.4 Å². The Kier molecular flexibility index (Phi) is 2.54. The Morgan fingerprint density at radius 1 is 1.44 bits per heavy atom. The number of nitrogens with zero attached hydrogens (tertiary/aromatic N) is 1. The second-order valence-electron chi connectivity index (χ2n) is 5.25. The van der Waals surface area contributed by atoms with Gasteiger partial charge in [0, 0.05) is 0 Å². The summed E-state index contributed by atoms with van der Waals surface area (Å²) in [6.07, 6.45) is 2.13. The molecule has 3 N–H and O–H groups in total. The first-order valence-corrected chi connectivity index (χ1v) is 6.45. The highest BCUT2D eigenvalue weighted by Crippen LogP contribution is 2.45. The minimum atomic E-state index is -0.664. The maximum Gasteiger partial charge on any atom is 0.255 e. The number of likely N-dealkylation sites (tertiary alicyclic amines) is 1. The summed E-state index contributed by atoms with van der Waals surface area (Å²) in [6.45, 7) is 0.809. The summed E-state index contributed by atoms with van der Waals surface area (Å²) in [5.41, 5.74) is 5.83. The monoisotopic (exact) mass is 266 g/mol. The van der Waals surface area contributed by atoms with Gasteiger partial charge in [-0.2, -0.15) is 0 Å². The van der Waals surface area contributed by atoms with Crippen molar-refractivity contribution in [1.82, 2.24) is 4.90 Å². The van der Waals surface area contributed by atoms with Gasteiger partial charge in [0.2, 0.25) is 0 Å². The normalized spacial score (nSPS) is 21.6. The van der Waals surface area contributed by atoms with Crippen LogP contribution in [0.3, 0.4) is 0 Å². The van der Waals surface area contributed by atoms with Crippen molar-refractivity contribution in [3.05, 3.63) is 28.8 Å². The number of carbonyl (C=O) groups excluding carboxylic acids is 1. The zero-order valence-corrected chi connectivity index (χ0v) is 10.7. The zero-order valence-electron chi connectivity index (χ0n) is 9.90. The fraction of sp³-hybridized carbons (Fsp3) is 0.462. The fourth-order valence-corrected chi connectivity index (χ4v) is 2.73. The number of hydrogen-bond donors (Lipinski definition) is 2. The maximum absolute atomic E-state index is 12.2. The molecular weight excluding hydrogens is 252 g/mol. The molecule has 18 heavy (non-hydrogen) atoms. The average molecular weight is 267 g/mol. The van der Waals surface area contributed by atoms with Crippen LogP contribution in [0.15, 0.2) is 18.2 Å². The van der Waals surface area contributed by atoms with Gasteiger partial charge < -0.3 is 15.7 Å². The molecule has 1 saturated heterocycles. The molecule has 0 atom stereocenters. The molecular formula is C13H15ClN2O2. The topological polar surface area (TPSA) is 66.6 Å². The summed E-state index contributed by atoms with van der Waals surface area (Å²) >= 11 is 6.02. The standard InChI is InChI=1S/C13H15ClN2O2/c14-11-9(2-1-3-10(11)15)12(17)16-6-13(18,7-16)8-4-5-8/h1-3,8,18H,4-7,15H2. The van der Waals surface area contributed by atoms with E-state index in [1.54, 1.807) is 23.1 Å². The fourth-order valence-electron chi connectivity index (χ4n) is 2.52. The molecule has 0 bridgehead atoms. The molecule has 1 saturated carbocycles. The first-order chi connectivity index (χ1) is 8.51. The van der Waals surface area contributed by atoms with E-state index in [4.69, 9.17) is 17.3 Å². The Bertz CT molecular complexity index is 508. The summed E-state index contributed by atoms with van der Waals surface area (Å²) in [5.74, 6) is 0.218. The van der Waals surface area contributed by atoms with Crippen LogP contribution >= 0.6 is 11.6 Å². The van der Waals surface area contributed by atoms with Crippen LogP contribution in [0.5, 0.6) is 0 Å². The lowest BCUT2D eigenvalue weighted by Gasteiger charge is -2.47. The van der Waals surface area contributed by atoms with Gasteiger partial charge in [-0.1, -0.05) is 17.7 Å². The third-order valence-corrected chi connectivity index (χ3v) is 4.23. The first kappa shape index (κ1) is 11.8. The Labute approximate surface area is 110 Å². The van der Waals surface area contributed by atoms with E-state index >= 15 is 0 Å². The minimum Gasteiger partial charge on any atom is -0.398 e. The predicted molar refractivity (Wildman–Crippen MR) is 69.4 cm³/mol. The zero-order chi connectivity index (χ0) is 12.9. The van der Waals surface area contributed by atoms with Crippen LogP contribution in [0.25, 0.3) is 0 Å². The van der Waals surface area contributed by atoms with Crippen LogP contribution in [0.1, 0.15) is 23.2 Å². The number of amides is 1. The van der Waals surface area contributed by atoms with Crippen LogP contribution in [-0.4, -0.2) is 34.6 Å². The lowest BCUT2D eigenvalue weighted by Crippen LogP contribution is -2.64. The molecule has 1 amide bonds. The highest BCUT2D eigenvalue weighted by atomic mass is 35.5. The van der Waals surface area contributed by atoms with E-state index in [9.17, 15) is 9.90 Å². The second kappa shape index (κ2) is 3.87. The SMILES string of the molecule is Nc1cccc(C(=O)N2CC(O)(C3CC3)C2)c1Cl. The molecule has 0 spiro atoms. The summed E-state index contributed by atoms with van der Waals surface area (Å²) in [6, 6.07) is 5.03. The van der Waals surface area contributed by atoms with Crippen molar-refractivity contribution < 1.29 is 9.90 Å². The summed E-state index contributed by atoms with van der Waals surface area (Å²) in [5, 5.41) is 10.5. The molecule has 0 radical (unpaired) electrons. The van der Waals surface area contributed by atoms with E-state index in [1.165, 1.54) is 0 Å². The number of anilines is 1. The van der Waals surface area contributed by atoms with Gasteiger partial charge >= 0.3 is 0 Å². The molecule has 2 fully saturated rings. The van der Waals surface area contributed by atoms with Crippen molar-refractivity contribution in [2.75, 3.05) is 18.8 Å². The van der Waals surface area contributed by atoms with Crippen molar-refractivity contribution in [3.8, 4) is 0 Å². The molecule has 96 valence electrons. The highest BCUT2D eigenvalue weighted by molar-refractivity contribution is 6.36. The summed E-state index contributed by atoms with van der Waals surface area (Å²) < 4.78 is 0. The van der Waals surface area contributed by atoms with Gasteiger partial charge in [0.1, 0.15) is 5.60 Å². The highest BCUT2D eigenvalue weighted by Gasteiger charge is 2.53. The quantitative estimate of drug-likeness (QED) is 0.798. The molecule has 1 aromatic rings. The molecule has 0 aromatic heterocycles. The summed E-state index contributed by atoms with van der Waals surface area (Å²) in [4.78, 5) is 13.8. The number of aliphatic hydroxyl groups is 1.